The number of carbonyl (C=O) groups is 2. The Labute approximate surface area is 169 Å². The number of hydrogen-bond donors (Lipinski definition) is 2. The number of nitrogens with zero attached hydrogens (tertiary/aromatic N) is 2. The number of hydrogen-bond acceptors (Lipinski definition) is 6. The van der Waals surface area contributed by atoms with Crippen LogP contribution in [0.5, 0.6) is 0 Å². The summed E-state index contributed by atoms with van der Waals surface area (Å²) in [7, 11) is 0. The number of benzene rings is 2. The number of anilines is 2. The molecule has 0 unspecified atom stereocenters. The van der Waals surface area contributed by atoms with E-state index < -0.39 is 0 Å². The van der Waals surface area contributed by atoms with Crippen LogP contribution in [0.15, 0.2) is 52.9 Å². The van der Waals surface area contributed by atoms with Gasteiger partial charge in [-0.2, -0.15) is 0 Å². The highest BCUT2D eigenvalue weighted by atomic mass is 35.5. The number of carbonyl (C=O) groups excluding carboxylic acids is 2. The first kappa shape index (κ1) is 19.3. The highest BCUT2D eigenvalue weighted by Gasteiger charge is 2.14. The van der Waals surface area contributed by atoms with Crippen molar-refractivity contribution in [3.63, 3.8) is 0 Å². The fraction of sp³-hybridized carbons (Fsp3) is 0.111. The van der Waals surface area contributed by atoms with Gasteiger partial charge >= 0.3 is 0 Å². The maximum Gasteiger partial charge on any atom is 0.259 e. The van der Waals surface area contributed by atoms with E-state index in [9.17, 15) is 9.59 Å². The summed E-state index contributed by atoms with van der Waals surface area (Å²) in [6, 6.07) is 14.3. The number of aromatic nitrogens is 2. The summed E-state index contributed by atoms with van der Waals surface area (Å²) in [4.78, 5) is 24.2. The van der Waals surface area contributed by atoms with Crippen molar-refractivity contribution in [2.45, 2.75) is 11.3 Å². The Hall–Kier alpha value is -2.42. The van der Waals surface area contributed by atoms with Crippen molar-refractivity contribution in [2.75, 3.05) is 16.4 Å². The third-order valence-corrected chi connectivity index (χ3v) is 5.71. The molecule has 9 heteroatoms. The molecule has 1 aromatic heterocycles. The fourth-order valence-electron chi connectivity index (χ4n) is 2.09. The molecule has 3 aromatic rings. The lowest BCUT2D eigenvalue weighted by Gasteiger charge is -2.04. The molecule has 0 fully saturated rings. The predicted octanol–water partition coefficient (Wildman–Crippen LogP) is 4.48. The second-order valence-electron chi connectivity index (χ2n) is 5.51. The highest BCUT2D eigenvalue weighted by Crippen LogP contribution is 2.26. The third kappa shape index (κ3) is 5.53. The summed E-state index contributed by atoms with van der Waals surface area (Å²) in [5.41, 5.74) is 2.24. The quantitative estimate of drug-likeness (QED) is 0.455. The Morgan fingerprint density at radius 1 is 1.07 bits per heavy atom. The monoisotopic (exact) mass is 418 g/mol. The van der Waals surface area contributed by atoms with Crippen LogP contribution in [-0.4, -0.2) is 27.8 Å². The third-order valence-electron chi connectivity index (χ3n) is 3.41. The summed E-state index contributed by atoms with van der Waals surface area (Å²) in [5, 5.41) is 14.1. The minimum atomic E-state index is -0.356. The van der Waals surface area contributed by atoms with Crippen LogP contribution in [0, 0.1) is 6.92 Å². The van der Waals surface area contributed by atoms with Crippen LogP contribution in [0.25, 0.3) is 0 Å². The molecule has 27 heavy (non-hydrogen) atoms. The van der Waals surface area contributed by atoms with E-state index in [0.29, 0.717) is 20.1 Å². The first-order valence-corrected chi connectivity index (χ1v) is 10.1. The Kier molecular flexibility index (Phi) is 6.44. The number of rotatable bonds is 6. The molecular weight excluding hydrogens is 404 g/mol. The van der Waals surface area contributed by atoms with Gasteiger partial charge in [-0.1, -0.05) is 64.5 Å². The van der Waals surface area contributed by atoms with Gasteiger partial charge in [0.2, 0.25) is 11.0 Å². The molecule has 0 saturated carbocycles. The summed E-state index contributed by atoms with van der Waals surface area (Å²) >= 11 is 8.46. The predicted molar refractivity (Wildman–Crippen MR) is 110 cm³/mol. The number of aryl methyl sites for hydroxylation is 1. The molecule has 138 valence electrons. The average molecular weight is 419 g/mol. The van der Waals surface area contributed by atoms with E-state index in [2.05, 4.69) is 20.8 Å². The summed E-state index contributed by atoms with van der Waals surface area (Å²) in [6.07, 6.45) is 0. The first-order valence-electron chi connectivity index (χ1n) is 7.90. The van der Waals surface area contributed by atoms with E-state index in [-0.39, 0.29) is 17.6 Å². The largest absolute Gasteiger partial charge is 0.325 e. The van der Waals surface area contributed by atoms with E-state index in [0.717, 1.165) is 11.3 Å². The van der Waals surface area contributed by atoms with Crippen LogP contribution in [0.2, 0.25) is 5.02 Å². The Bertz CT molecular complexity index is 960. The summed E-state index contributed by atoms with van der Waals surface area (Å²) < 4.78 is 0.587. The minimum Gasteiger partial charge on any atom is -0.325 e. The summed E-state index contributed by atoms with van der Waals surface area (Å²) in [5.74, 6) is -0.299. The Balaban J connectivity index is 1.52. The molecule has 2 aromatic carbocycles. The van der Waals surface area contributed by atoms with Crippen LogP contribution in [-0.2, 0) is 4.79 Å². The van der Waals surface area contributed by atoms with E-state index in [1.54, 1.807) is 24.3 Å². The molecule has 2 amide bonds. The van der Waals surface area contributed by atoms with E-state index in [1.165, 1.54) is 23.1 Å². The lowest BCUT2D eigenvalue weighted by atomic mass is 10.2. The molecule has 0 saturated heterocycles. The van der Waals surface area contributed by atoms with Gasteiger partial charge in [-0.25, -0.2) is 0 Å². The standard InChI is InChI=1S/C18H15ClN4O2S2/c1-11-6-8-12(9-7-11)20-15(24)10-26-18-23-22-17(27-18)21-16(25)13-4-2-3-5-14(13)19/h2-9H,10H2,1H3,(H,20,24)(H,21,22,25). The Morgan fingerprint density at radius 2 is 1.81 bits per heavy atom. The lowest BCUT2D eigenvalue weighted by Crippen LogP contribution is -2.13. The van der Waals surface area contributed by atoms with Gasteiger partial charge in [-0.05, 0) is 31.2 Å². The van der Waals surface area contributed by atoms with Gasteiger partial charge in [-0.15, -0.1) is 10.2 Å². The van der Waals surface area contributed by atoms with Gasteiger partial charge in [-0.3, -0.25) is 14.9 Å². The van der Waals surface area contributed by atoms with Gasteiger partial charge in [0.05, 0.1) is 16.3 Å². The van der Waals surface area contributed by atoms with Crippen LogP contribution < -0.4 is 10.6 Å². The Morgan fingerprint density at radius 3 is 2.56 bits per heavy atom. The molecule has 6 nitrogen and oxygen atoms in total. The maximum atomic E-state index is 12.2. The molecule has 0 aliphatic heterocycles. The second kappa shape index (κ2) is 8.98. The minimum absolute atomic E-state index is 0.138. The molecule has 0 aliphatic carbocycles. The van der Waals surface area contributed by atoms with E-state index in [4.69, 9.17) is 11.6 Å². The SMILES string of the molecule is Cc1ccc(NC(=O)CSc2nnc(NC(=O)c3ccccc3Cl)s2)cc1. The fourth-order valence-corrected chi connectivity index (χ4v) is 3.86. The lowest BCUT2D eigenvalue weighted by molar-refractivity contribution is -0.113. The normalized spacial score (nSPS) is 10.4. The van der Waals surface area contributed by atoms with Crippen molar-refractivity contribution in [3.05, 3.63) is 64.7 Å². The number of halogens is 1. The molecule has 0 spiro atoms. The van der Waals surface area contributed by atoms with Crippen molar-refractivity contribution in [1.82, 2.24) is 10.2 Å². The van der Waals surface area contributed by atoms with Crippen LogP contribution >= 0.6 is 34.7 Å². The van der Waals surface area contributed by atoms with Crippen molar-refractivity contribution in [1.29, 1.82) is 0 Å². The molecule has 2 N–H and O–H groups in total. The molecular formula is C18H15ClN4O2S2. The van der Waals surface area contributed by atoms with E-state index >= 15 is 0 Å². The highest BCUT2D eigenvalue weighted by molar-refractivity contribution is 8.01. The average Bonchev–Trinajstić information content (AvgIpc) is 3.09. The second-order valence-corrected chi connectivity index (χ2v) is 8.12. The number of amides is 2. The zero-order valence-corrected chi connectivity index (χ0v) is 16.6. The molecule has 0 radical (unpaired) electrons. The first-order chi connectivity index (χ1) is 13.0. The van der Waals surface area contributed by atoms with Crippen molar-refractivity contribution in [2.24, 2.45) is 0 Å². The van der Waals surface area contributed by atoms with Gasteiger partial charge in [0, 0.05) is 5.69 Å². The zero-order valence-electron chi connectivity index (χ0n) is 14.2. The molecule has 0 atom stereocenters. The number of thioether (sulfide) groups is 1. The number of nitrogens with one attached hydrogen (secondary N) is 2. The van der Waals surface area contributed by atoms with Gasteiger partial charge in [0.25, 0.3) is 5.91 Å². The summed E-state index contributed by atoms with van der Waals surface area (Å²) in [6.45, 7) is 1.99. The zero-order chi connectivity index (χ0) is 19.2. The topological polar surface area (TPSA) is 84.0 Å². The van der Waals surface area contributed by atoms with Crippen LogP contribution in [0.3, 0.4) is 0 Å². The molecule has 0 aliphatic rings. The van der Waals surface area contributed by atoms with E-state index in [1.807, 2.05) is 31.2 Å². The maximum absolute atomic E-state index is 12.2. The molecule has 1 heterocycles. The van der Waals surface area contributed by atoms with Gasteiger partial charge in [0.1, 0.15) is 0 Å². The van der Waals surface area contributed by atoms with Crippen molar-refractivity contribution >= 4 is 57.3 Å². The van der Waals surface area contributed by atoms with Gasteiger partial charge < -0.3 is 5.32 Å². The molecule has 3 rings (SSSR count). The van der Waals surface area contributed by atoms with Crippen LogP contribution in [0.1, 0.15) is 15.9 Å². The van der Waals surface area contributed by atoms with Crippen molar-refractivity contribution in [3.8, 4) is 0 Å². The molecule has 0 bridgehead atoms. The van der Waals surface area contributed by atoms with Crippen LogP contribution in [0.4, 0.5) is 10.8 Å². The smallest absolute Gasteiger partial charge is 0.259 e. The van der Waals surface area contributed by atoms with Crippen molar-refractivity contribution < 1.29 is 9.59 Å². The van der Waals surface area contributed by atoms with Gasteiger partial charge in [0.15, 0.2) is 4.34 Å².